The summed E-state index contributed by atoms with van der Waals surface area (Å²) in [5.41, 5.74) is 24.4. The zero-order chi connectivity index (χ0) is 57.2. The highest BCUT2D eigenvalue weighted by Crippen LogP contribution is 2.58. The summed E-state index contributed by atoms with van der Waals surface area (Å²) in [6.07, 6.45) is 0. The van der Waals surface area contributed by atoms with Crippen LogP contribution in [-0.2, 0) is 5.41 Å². The highest BCUT2D eigenvalue weighted by molar-refractivity contribution is 8.00. The van der Waals surface area contributed by atoms with E-state index in [-0.39, 0.29) is 13.4 Å². The number of para-hydroxylation sites is 6. The molecule has 0 saturated carbocycles. The lowest BCUT2D eigenvalue weighted by atomic mass is 9.31. The fourth-order valence-electron chi connectivity index (χ4n) is 15.0. The maximum Gasteiger partial charge on any atom is 0.252 e. The van der Waals surface area contributed by atoms with Gasteiger partial charge in [-0.2, -0.15) is 0 Å². The largest absolute Gasteiger partial charge is 0.457 e. The van der Waals surface area contributed by atoms with Gasteiger partial charge < -0.3 is 24.2 Å². The number of nitrogens with zero attached hydrogens (tertiary/aromatic N) is 3. The zero-order valence-electron chi connectivity index (χ0n) is 47.2. The van der Waals surface area contributed by atoms with E-state index in [9.17, 15) is 0 Å². The predicted octanol–water partition coefficient (Wildman–Crippen LogP) is 16.5. The van der Waals surface area contributed by atoms with Crippen molar-refractivity contribution in [3.8, 4) is 34.1 Å². The van der Waals surface area contributed by atoms with E-state index in [0.29, 0.717) is 0 Å². The second kappa shape index (κ2) is 19.7. The molecule has 406 valence electrons. The molecule has 0 radical (unpaired) electrons. The van der Waals surface area contributed by atoms with E-state index in [1.165, 1.54) is 75.9 Å². The van der Waals surface area contributed by atoms with Crippen molar-refractivity contribution in [1.82, 2.24) is 0 Å². The van der Waals surface area contributed by atoms with Crippen molar-refractivity contribution >= 4 is 109 Å². The molecule has 0 spiro atoms. The van der Waals surface area contributed by atoms with E-state index < -0.39 is 5.41 Å². The quantitative estimate of drug-likeness (QED) is 0.134. The molecule has 5 aliphatic rings. The topological polar surface area (TPSA) is 28.2 Å². The number of rotatable bonds is 9. The molecular weight excluding hydrogens is 1080 g/mol. The van der Waals surface area contributed by atoms with Gasteiger partial charge >= 0.3 is 0 Å². The highest BCUT2D eigenvalue weighted by atomic mass is 32.2. The molecule has 5 nitrogen and oxygen atoms in total. The molecule has 18 rings (SSSR count). The molecule has 13 aromatic carbocycles. The number of ether oxygens (including phenoxy) is 2. The maximum absolute atomic E-state index is 7.07. The Labute approximate surface area is 511 Å². The predicted molar refractivity (Wildman–Crippen MR) is 361 cm³/mol. The number of benzene rings is 13. The normalized spacial score (nSPS) is 13.9. The third-order valence-corrected chi connectivity index (χ3v) is 19.5. The molecule has 0 aromatic heterocycles. The Hall–Kier alpha value is -10.7. The van der Waals surface area contributed by atoms with Crippen LogP contribution in [0.1, 0.15) is 22.3 Å². The van der Waals surface area contributed by atoms with Crippen LogP contribution < -0.4 is 57.0 Å². The molecular formula is C79H51B2N3O2S. The van der Waals surface area contributed by atoms with Crippen LogP contribution in [0.5, 0.6) is 23.0 Å². The first-order valence-electron chi connectivity index (χ1n) is 29.9. The van der Waals surface area contributed by atoms with Gasteiger partial charge in [0, 0.05) is 79.2 Å². The minimum Gasteiger partial charge on any atom is -0.457 e. The number of hydrogen-bond donors (Lipinski definition) is 0. The summed E-state index contributed by atoms with van der Waals surface area (Å²) in [6.45, 7) is -0.241. The van der Waals surface area contributed by atoms with E-state index in [1.54, 1.807) is 0 Å². The van der Waals surface area contributed by atoms with Crippen LogP contribution in [0.25, 0.3) is 11.1 Å². The van der Waals surface area contributed by atoms with E-state index in [1.807, 2.05) is 72.4 Å². The number of fused-ring (bicyclic) bond motifs is 11. The molecule has 0 bridgehead atoms. The molecule has 0 atom stereocenters. The van der Waals surface area contributed by atoms with Crippen molar-refractivity contribution in [3.05, 3.63) is 332 Å². The lowest BCUT2D eigenvalue weighted by Crippen LogP contribution is -2.64. The van der Waals surface area contributed by atoms with Gasteiger partial charge in [-0.05, 0) is 146 Å². The molecule has 8 heteroatoms. The molecule has 0 amide bonds. The summed E-state index contributed by atoms with van der Waals surface area (Å²) in [6, 6.07) is 113. The summed E-state index contributed by atoms with van der Waals surface area (Å²) >= 11 is 1.85. The standard InChI is InChI=1S/C79H51B2N3O2S/c1-7-25-52(26-8-1)79(53-27-9-2-10-28-53)63-38-20-19-37-61(63)62-45-56(43-44-64(62)79)84-71-51-75-68(81-66-40-22-24-42-70(66)83(55-31-13-4-14-32-55)74-48-60(49-76(87-75)78(74)81)86-58-35-17-6-18-36-58)50-67(71)80-65-39-21-23-41-69(65)82(54-29-11-3-12-30-54)72-46-59(47-73(84)77(72)80)85-57-33-15-5-16-34-57/h1-51H. The van der Waals surface area contributed by atoms with Crippen molar-refractivity contribution < 1.29 is 9.47 Å². The Morgan fingerprint density at radius 2 is 0.724 bits per heavy atom. The van der Waals surface area contributed by atoms with Crippen molar-refractivity contribution in [2.75, 3.05) is 14.7 Å². The zero-order valence-corrected chi connectivity index (χ0v) is 48.0. The average Bonchev–Trinajstić information content (AvgIpc) is 1.70. The Kier molecular flexibility index (Phi) is 11.3. The monoisotopic (exact) mass is 1130 g/mol. The first kappa shape index (κ1) is 49.7. The molecule has 87 heavy (non-hydrogen) atoms. The van der Waals surface area contributed by atoms with Gasteiger partial charge in [0.25, 0.3) is 6.71 Å². The van der Waals surface area contributed by atoms with Crippen molar-refractivity contribution in [2.45, 2.75) is 15.2 Å². The summed E-state index contributed by atoms with van der Waals surface area (Å²) in [4.78, 5) is 9.84. The lowest BCUT2D eigenvalue weighted by Gasteiger charge is -2.45. The third kappa shape index (κ3) is 7.57. The van der Waals surface area contributed by atoms with Gasteiger partial charge in [0.15, 0.2) is 0 Å². The Bertz CT molecular complexity index is 4840. The van der Waals surface area contributed by atoms with Gasteiger partial charge in [0.05, 0.1) is 5.41 Å². The Balaban J connectivity index is 0.922. The first-order valence-corrected chi connectivity index (χ1v) is 30.7. The Morgan fingerprint density at radius 3 is 1.30 bits per heavy atom. The van der Waals surface area contributed by atoms with Crippen LogP contribution in [0.4, 0.5) is 51.2 Å². The fourth-order valence-corrected chi connectivity index (χ4v) is 16.2. The van der Waals surface area contributed by atoms with Crippen LogP contribution in [-0.4, -0.2) is 13.4 Å². The smallest absolute Gasteiger partial charge is 0.252 e. The summed E-state index contributed by atoms with van der Waals surface area (Å²) in [5.74, 6) is 3.11. The number of hydrogen-bond acceptors (Lipinski definition) is 6. The van der Waals surface area contributed by atoms with Gasteiger partial charge in [0.1, 0.15) is 23.0 Å². The Morgan fingerprint density at radius 1 is 0.276 bits per heavy atom. The third-order valence-electron chi connectivity index (χ3n) is 18.4. The van der Waals surface area contributed by atoms with Crippen molar-refractivity contribution in [1.29, 1.82) is 0 Å². The molecule has 4 heterocycles. The van der Waals surface area contributed by atoms with Crippen LogP contribution in [0.15, 0.2) is 319 Å². The van der Waals surface area contributed by atoms with Gasteiger partial charge in [-0.25, -0.2) is 0 Å². The molecule has 1 aliphatic carbocycles. The maximum atomic E-state index is 7.07. The van der Waals surface area contributed by atoms with E-state index in [4.69, 9.17) is 9.47 Å². The molecule has 0 unspecified atom stereocenters. The van der Waals surface area contributed by atoms with Gasteiger partial charge in [-0.3, -0.25) is 0 Å². The summed E-state index contributed by atoms with van der Waals surface area (Å²) < 4.78 is 13.9. The second-order valence-electron chi connectivity index (χ2n) is 23.0. The van der Waals surface area contributed by atoms with Crippen LogP contribution in [0.3, 0.4) is 0 Å². The SMILES string of the molecule is c1ccc(Oc2cc3c4c(c2)N(c2ccccc2)c2ccccc2B4c2cc4c(cc2S3)N(c2ccc3c(c2)-c2ccccc2C3(c2ccccc2)c2ccccc2)c2cc(Oc3ccccc3)cc3c2B4c2ccccc2N3c2ccccc2)cc1. The summed E-state index contributed by atoms with van der Waals surface area (Å²) in [7, 11) is 0. The first-order chi connectivity index (χ1) is 43.2. The molecule has 4 aliphatic heterocycles. The molecule has 0 N–H and O–H groups in total. The lowest BCUT2D eigenvalue weighted by molar-refractivity contribution is 0.481. The van der Waals surface area contributed by atoms with Crippen LogP contribution >= 0.6 is 11.8 Å². The molecule has 13 aromatic rings. The second-order valence-corrected chi connectivity index (χ2v) is 24.1. The molecule has 0 saturated heterocycles. The van der Waals surface area contributed by atoms with Crippen LogP contribution in [0, 0.1) is 0 Å². The minimum atomic E-state index is -0.558. The summed E-state index contributed by atoms with van der Waals surface area (Å²) in [5, 5.41) is 0. The van der Waals surface area contributed by atoms with Crippen LogP contribution in [0.2, 0.25) is 0 Å². The number of anilines is 9. The van der Waals surface area contributed by atoms with Crippen molar-refractivity contribution in [3.63, 3.8) is 0 Å². The average molecular weight is 1130 g/mol. The van der Waals surface area contributed by atoms with E-state index in [0.717, 1.165) is 74.2 Å². The van der Waals surface area contributed by atoms with Gasteiger partial charge in [-0.1, -0.05) is 223 Å². The fraction of sp³-hybridized carbons (Fsp3) is 0.0127. The minimum absolute atomic E-state index is 0.0882. The molecule has 0 fully saturated rings. The van der Waals surface area contributed by atoms with Crippen molar-refractivity contribution in [2.24, 2.45) is 0 Å². The highest BCUT2D eigenvalue weighted by Gasteiger charge is 2.50. The van der Waals surface area contributed by atoms with Gasteiger partial charge in [-0.15, -0.1) is 0 Å². The van der Waals surface area contributed by atoms with Gasteiger partial charge in [0.2, 0.25) is 6.71 Å². The van der Waals surface area contributed by atoms with E-state index in [2.05, 4.69) is 263 Å². The van der Waals surface area contributed by atoms with E-state index >= 15 is 0 Å².